The van der Waals surface area contributed by atoms with Crippen LogP contribution in [0.2, 0.25) is 0 Å². The molecule has 1 fully saturated rings. The summed E-state index contributed by atoms with van der Waals surface area (Å²) in [5, 5.41) is 3.43. The molecule has 106 valence electrons. The average molecular weight is 265 g/mol. The molecule has 0 aromatic carbocycles. The van der Waals surface area contributed by atoms with E-state index in [1.807, 2.05) is 6.07 Å². The minimum atomic E-state index is 0.487. The van der Waals surface area contributed by atoms with Crippen LogP contribution in [0.15, 0.2) is 12.3 Å². The quantitative estimate of drug-likeness (QED) is 0.888. The van der Waals surface area contributed by atoms with Gasteiger partial charge in [-0.1, -0.05) is 0 Å². The van der Waals surface area contributed by atoms with Gasteiger partial charge in [-0.25, -0.2) is 0 Å². The smallest absolute Gasteiger partial charge is 0.183 e. The Morgan fingerprint density at radius 3 is 2.53 bits per heavy atom. The van der Waals surface area contributed by atoms with E-state index in [2.05, 4.69) is 29.0 Å². The van der Waals surface area contributed by atoms with E-state index >= 15 is 0 Å². The molecule has 0 bridgehead atoms. The number of hydrogen-bond acceptors (Lipinski definition) is 5. The van der Waals surface area contributed by atoms with Crippen LogP contribution in [0.3, 0.4) is 0 Å². The van der Waals surface area contributed by atoms with Crippen molar-refractivity contribution in [3.8, 4) is 11.5 Å². The molecule has 2 unspecified atom stereocenters. The molecule has 0 amide bonds. The lowest BCUT2D eigenvalue weighted by Gasteiger charge is -2.39. The van der Waals surface area contributed by atoms with Crippen molar-refractivity contribution in [3.05, 3.63) is 18.0 Å². The van der Waals surface area contributed by atoms with Crippen LogP contribution in [0.5, 0.6) is 11.5 Å². The standard InChI is InChI=1S/C14H23N3O2/c1-10-7-15-8-11(2)17(10)9-12-14(19-4)13(18-3)5-6-16-12/h5-6,10-11,15H,7-9H2,1-4H3. The van der Waals surface area contributed by atoms with Crippen molar-refractivity contribution in [3.63, 3.8) is 0 Å². The third-order valence-corrected chi connectivity index (χ3v) is 3.71. The Kier molecular flexibility index (Phi) is 4.61. The number of rotatable bonds is 4. The largest absolute Gasteiger partial charge is 0.493 e. The molecule has 1 saturated heterocycles. The first-order chi connectivity index (χ1) is 9.17. The predicted octanol–water partition coefficient (Wildman–Crippen LogP) is 1.28. The zero-order valence-electron chi connectivity index (χ0n) is 12.1. The summed E-state index contributed by atoms with van der Waals surface area (Å²) in [6, 6.07) is 2.80. The lowest BCUT2D eigenvalue weighted by atomic mass is 10.1. The molecule has 0 spiro atoms. The number of ether oxygens (including phenoxy) is 2. The van der Waals surface area contributed by atoms with E-state index in [9.17, 15) is 0 Å². The van der Waals surface area contributed by atoms with Crippen LogP contribution in [0.25, 0.3) is 0 Å². The zero-order chi connectivity index (χ0) is 13.8. The van der Waals surface area contributed by atoms with Crippen LogP contribution in [-0.4, -0.2) is 49.3 Å². The molecule has 2 atom stereocenters. The van der Waals surface area contributed by atoms with E-state index in [1.165, 1.54) is 0 Å². The number of piperazine rings is 1. The maximum Gasteiger partial charge on any atom is 0.183 e. The summed E-state index contributed by atoms with van der Waals surface area (Å²) >= 11 is 0. The second kappa shape index (κ2) is 6.21. The highest BCUT2D eigenvalue weighted by Gasteiger charge is 2.26. The van der Waals surface area contributed by atoms with Gasteiger partial charge in [0, 0.05) is 44.0 Å². The van der Waals surface area contributed by atoms with Crippen LogP contribution in [-0.2, 0) is 6.54 Å². The molecule has 2 rings (SSSR count). The first kappa shape index (κ1) is 14.1. The van der Waals surface area contributed by atoms with Crippen molar-refractivity contribution in [2.45, 2.75) is 32.5 Å². The minimum Gasteiger partial charge on any atom is -0.493 e. The Balaban J connectivity index is 2.22. The number of nitrogens with one attached hydrogen (secondary N) is 1. The Labute approximate surface area is 114 Å². The predicted molar refractivity (Wildman–Crippen MR) is 74.7 cm³/mol. The maximum absolute atomic E-state index is 5.45. The van der Waals surface area contributed by atoms with Crippen molar-refractivity contribution in [2.24, 2.45) is 0 Å². The molecule has 1 aromatic rings. The number of pyridine rings is 1. The van der Waals surface area contributed by atoms with Gasteiger partial charge in [-0.05, 0) is 13.8 Å². The van der Waals surface area contributed by atoms with E-state index < -0.39 is 0 Å². The van der Waals surface area contributed by atoms with Gasteiger partial charge in [0.15, 0.2) is 11.5 Å². The topological polar surface area (TPSA) is 46.6 Å². The Bertz CT molecular complexity index is 415. The van der Waals surface area contributed by atoms with Gasteiger partial charge in [-0.3, -0.25) is 9.88 Å². The third kappa shape index (κ3) is 2.98. The molecule has 1 N–H and O–H groups in total. The van der Waals surface area contributed by atoms with Crippen LogP contribution >= 0.6 is 0 Å². The molecule has 1 aliphatic heterocycles. The Morgan fingerprint density at radius 1 is 1.26 bits per heavy atom. The molecule has 19 heavy (non-hydrogen) atoms. The van der Waals surface area contributed by atoms with E-state index in [0.717, 1.165) is 36.8 Å². The van der Waals surface area contributed by atoms with Gasteiger partial charge in [0.2, 0.25) is 0 Å². The highest BCUT2D eigenvalue weighted by molar-refractivity contribution is 5.42. The second-order valence-corrected chi connectivity index (χ2v) is 5.02. The van der Waals surface area contributed by atoms with E-state index in [1.54, 1.807) is 20.4 Å². The maximum atomic E-state index is 5.45. The normalized spacial score (nSPS) is 24.2. The van der Waals surface area contributed by atoms with Crippen LogP contribution in [0.1, 0.15) is 19.5 Å². The lowest BCUT2D eigenvalue weighted by molar-refractivity contribution is 0.106. The molecule has 0 radical (unpaired) electrons. The summed E-state index contributed by atoms with van der Waals surface area (Å²) in [5.74, 6) is 1.48. The summed E-state index contributed by atoms with van der Waals surface area (Å²) in [4.78, 5) is 6.90. The van der Waals surface area contributed by atoms with Crippen molar-refractivity contribution in [2.75, 3.05) is 27.3 Å². The lowest BCUT2D eigenvalue weighted by Crippen LogP contribution is -2.54. The summed E-state index contributed by atoms with van der Waals surface area (Å²) in [7, 11) is 3.31. The minimum absolute atomic E-state index is 0.487. The van der Waals surface area contributed by atoms with Crippen molar-refractivity contribution in [1.82, 2.24) is 15.2 Å². The van der Waals surface area contributed by atoms with Gasteiger partial charge in [-0.15, -0.1) is 0 Å². The summed E-state index contributed by atoms with van der Waals surface area (Å²) in [5.41, 5.74) is 0.933. The first-order valence-electron chi connectivity index (χ1n) is 6.69. The molecule has 1 aliphatic rings. The molecular weight excluding hydrogens is 242 g/mol. The monoisotopic (exact) mass is 265 g/mol. The van der Waals surface area contributed by atoms with Gasteiger partial charge in [0.05, 0.1) is 14.2 Å². The number of aromatic nitrogens is 1. The third-order valence-electron chi connectivity index (χ3n) is 3.71. The SMILES string of the molecule is COc1ccnc(CN2C(C)CNCC2C)c1OC. The number of methoxy groups -OCH3 is 2. The van der Waals surface area contributed by atoms with Gasteiger partial charge >= 0.3 is 0 Å². The van der Waals surface area contributed by atoms with E-state index in [4.69, 9.17) is 9.47 Å². The van der Waals surface area contributed by atoms with Gasteiger partial charge in [0.25, 0.3) is 0 Å². The molecule has 5 nitrogen and oxygen atoms in total. The molecule has 5 heteroatoms. The molecule has 1 aromatic heterocycles. The Morgan fingerprint density at radius 2 is 1.95 bits per heavy atom. The van der Waals surface area contributed by atoms with Gasteiger partial charge < -0.3 is 14.8 Å². The molecule has 0 aliphatic carbocycles. The molecular formula is C14H23N3O2. The summed E-state index contributed by atoms with van der Waals surface area (Å²) in [6.07, 6.45) is 1.77. The zero-order valence-corrected chi connectivity index (χ0v) is 12.1. The first-order valence-corrected chi connectivity index (χ1v) is 6.69. The highest BCUT2D eigenvalue weighted by atomic mass is 16.5. The van der Waals surface area contributed by atoms with Crippen molar-refractivity contribution < 1.29 is 9.47 Å². The number of hydrogen-bond donors (Lipinski definition) is 1. The van der Waals surface area contributed by atoms with Gasteiger partial charge in [0.1, 0.15) is 5.69 Å². The Hall–Kier alpha value is -1.33. The fourth-order valence-corrected chi connectivity index (χ4v) is 2.62. The van der Waals surface area contributed by atoms with E-state index in [-0.39, 0.29) is 0 Å². The number of nitrogens with zero attached hydrogens (tertiary/aromatic N) is 2. The van der Waals surface area contributed by atoms with Gasteiger partial charge in [-0.2, -0.15) is 0 Å². The fourth-order valence-electron chi connectivity index (χ4n) is 2.62. The molecule has 0 saturated carbocycles. The average Bonchev–Trinajstić information content (AvgIpc) is 2.42. The summed E-state index contributed by atoms with van der Waals surface area (Å²) < 4.78 is 10.8. The fraction of sp³-hybridized carbons (Fsp3) is 0.643. The van der Waals surface area contributed by atoms with Crippen molar-refractivity contribution >= 4 is 0 Å². The van der Waals surface area contributed by atoms with E-state index in [0.29, 0.717) is 12.1 Å². The van der Waals surface area contributed by atoms with Crippen LogP contribution in [0.4, 0.5) is 0 Å². The highest BCUT2D eigenvalue weighted by Crippen LogP contribution is 2.30. The molecule has 2 heterocycles. The van der Waals surface area contributed by atoms with Crippen LogP contribution < -0.4 is 14.8 Å². The van der Waals surface area contributed by atoms with Crippen molar-refractivity contribution in [1.29, 1.82) is 0 Å². The second-order valence-electron chi connectivity index (χ2n) is 5.02. The summed E-state index contributed by atoms with van der Waals surface area (Å²) in [6.45, 7) is 7.27. The van der Waals surface area contributed by atoms with Crippen LogP contribution in [0, 0.1) is 0 Å².